The molecule has 1 aliphatic heterocycles. The molecule has 162 valence electrons. The van der Waals surface area contributed by atoms with Gasteiger partial charge < -0.3 is 10.1 Å². The van der Waals surface area contributed by atoms with Crippen molar-refractivity contribution in [1.29, 1.82) is 0 Å². The highest BCUT2D eigenvalue weighted by atomic mass is 32.2. The normalized spacial score (nSPS) is 18.0. The molecule has 1 fully saturated rings. The summed E-state index contributed by atoms with van der Waals surface area (Å²) in [6, 6.07) is 8.08. The molecule has 0 spiro atoms. The summed E-state index contributed by atoms with van der Waals surface area (Å²) < 4.78 is 30.8. The van der Waals surface area contributed by atoms with E-state index in [2.05, 4.69) is 15.3 Å². The maximum absolute atomic E-state index is 12.2. The molecule has 2 aromatic rings. The molecule has 1 unspecified atom stereocenters. The first kappa shape index (κ1) is 22.0. The van der Waals surface area contributed by atoms with Crippen LogP contribution in [0, 0.1) is 5.92 Å². The zero-order valence-electron chi connectivity index (χ0n) is 17.7. The molecule has 1 N–H and O–H groups in total. The van der Waals surface area contributed by atoms with E-state index in [0.29, 0.717) is 18.4 Å². The van der Waals surface area contributed by atoms with Crippen molar-refractivity contribution in [2.24, 2.45) is 5.92 Å². The van der Waals surface area contributed by atoms with Gasteiger partial charge in [0.25, 0.3) is 0 Å². The van der Waals surface area contributed by atoms with Crippen LogP contribution in [-0.2, 0) is 14.8 Å². The van der Waals surface area contributed by atoms with Gasteiger partial charge in [0, 0.05) is 20.3 Å². The Balaban J connectivity index is 1.77. The molecule has 0 bridgehead atoms. The SMILES string of the molecule is CC(C)C1COC(=O)N1c1ccnc(N[C@@H](C)c2ccc(S(=O)(=O)N(C)C)cc2)n1. The maximum atomic E-state index is 12.2. The van der Waals surface area contributed by atoms with Crippen molar-refractivity contribution in [3.05, 3.63) is 42.1 Å². The van der Waals surface area contributed by atoms with Crippen molar-refractivity contribution in [2.75, 3.05) is 30.9 Å². The van der Waals surface area contributed by atoms with Crippen molar-refractivity contribution in [2.45, 2.75) is 37.8 Å². The Morgan fingerprint density at radius 1 is 1.17 bits per heavy atom. The van der Waals surface area contributed by atoms with E-state index in [1.165, 1.54) is 18.4 Å². The molecule has 1 amide bonds. The van der Waals surface area contributed by atoms with Crippen molar-refractivity contribution in [1.82, 2.24) is 14.3 Å². The van der Waals surface area contributed by atoms with E-state index >= 15 is 0 Å². The first-order valence-electron chi connectivity index (χ1n) is 9.69. The highest BCUT2D eigenvalue weighted by Crippen LogP contribution is 2.27. The van der Waals surface area contributed by atoms with Crippen LogP contribution in [0.5, 0.6) is 0 Å². The molecule has 1 aromatic carbocycles. The number of hydrogen-bond acceptors (Lipinski definition) is 7. The average Bonchev–Trinajstić information content (AvgIpc) is 3.10. The number of benzene rings is 1. The Morgan fingerprint density at radius 2 is 1.83 bits per heavy atom. The van der Waals surface area contributed by atoms with Gasteiger partial charge in [-0.05, 0) is 36.6 Å². The van der Waals surface area contributed by atoms with Gasteiger partial charge >= 0.3 is 6.09 Å². The first-order chi connectivity index (χ1) is 14.1. The topological polar surface area (TPSA) is 105 Å². The largest absolute Gasteiger partial charge is 0.447 e. The van der Waals surface area contributed by atoms with E-state index < -0.39 is 16.1 Å². The molecular formula is C20H27N5O4S. The number of cyclic esters (lactones) is 1. The molecular weight excluding hydrogens is 406 g/mol. The van der Waals surface area contributed by atoms with E-state index in [9.17, 15) is 13.2 Å². The number of carbonyl (C=O) groups is 1. The summed E-state index contributed by atoms with van der Waals surface area (Å²) in [7, 11) is -0.476. The number of nitrogens with zero attached hydrogens (tertiary/aromatic N) is 4. The molecule has 0 saturated carbocycles. The molecule has 30 heavy (non-hydrogen) atoms. The highest BCUT2D eigenvalue weighted by Gasteiger charge is 2.37. The van der Waals surface area contributed by atoms with Gasteiger partial charge in [0.15, 0.2) is 0 Å². The summed E-state index contributed by atoms with van der Waals surface area (Å²) in [4.78, 5) is 22.7. The van der Waals surface area contributed by atoms with Gasteiger partial charge in [-0.1, -0.05) is 26.0 Å². The van der Waals surface area contributed by atoms with Crippen LogP contribution in [0.1, 0.15) is 32.4 Å². The Bertz CT molecular complexity index is 1010. The van der Waals surface area contributed by atoms with E-state index in [4.69, 9.17) is 4.74 Å². The van der Waals surface area contributed by atoms with E-state index in [0.717, 1.165) is 5.56 Å². The Labute approximate surface area is 177 Å². The molecule has 10 heteroatoms. The summed E-state index contributed by atoms with van der Waals surface area (Å²) in [5.41, 5.74) is 0.877. The van der Waals surface area contributed by atoms with E-state index in [1.807, 2.05) is 20.8 Å². The standard InChI is InChI=1S/C20H27N5O4S/c1-13(2)17-12-29-20(26)25(17)18-10-11-21-19(23-18)22-14(3)15-6-8-16(9-7-15)30(27,28)24(4)5/h6-11,13-14,17H,12H2,1-5H3,(H,21,22,23)/t14-,17?/m0/s1. The Hall–Kier alpha value is -2.72. The fourth-order valence-corrected chi connectivity index (χ4v) is 4.06. The van der Waals surface area contributed by atoms with Gasteiger partial charge in [0.2, 0.25) is 16.0 Å². The number of nitrogens with one attached hydrogen (secondary N) is 1. The van der Waals surface area contributed by atoms with Crippen molar-refractivity contribution in [3.8, 4) is 0 Å². The second kappa shape index (κ2) is 8.57. The summed E-state index contributed by atoms with van der Waals surface area (Å²) in [6.45, 7) is 6.32. The van der Waals surface area contributed by atoms with Gasteiger partial charge in [-0.2, -0.15) is 4.98 Å². The fraction of sp³-hybridized carbons (Fsp3) is 0.450. The number of amides is 1. The first-order valence-corrected chi connectivity index (χ1v) is 11.1. The van der Waals surface area contributed by atoms with Gasteiger partial charge in [0.1, 0.15) is 12.4 Å². The predicted molar refractivity (Wildman–Crippen MR) is 114 cm³/mol. The van der Waals surface area contributed by atoms with Crippen LogP contribution < -0.4 is 10.2 Å². The molecule has 1 saturated heterocycles. The summed E-state index contributed by atoms with van der Waals surface area (Å²) in [5.74, 6) is 1.07. The second-order valence-electron chi connectivity index (χ2n) is 7.72. The van der Waals surface area contributed by atoms with Crippen LogP contribution in [0.4, 0.5) is 16.6 Å². The van der Waals surface area contributed by atoms with Crippen LogP contribution in [0.25, 0.3) is 0 Å². The number of aromatic nitrogens is 2. The van der Waals surface area contributed by atoms with E-state index in [-0.39, 0.29) is 22.9 Å². The molecule has 0 aliphatic carbocycles. The van der Waals surface area contributed by atoms with Gasteiger partial charge in [0.05, 0.1) is 17.0 Å². The van der Waals surface area contributed by atoms with Crippen LogP contribution in [0.3, 0.4) is 0 Å². The number of carbonyl (C=O) groups excluding carboxylic acids is 1. The lowest BCUT2D eigenvalue weighted by molar-refractivity contribution is 0.177. The minimum atomic E-state index is -3.47. The van der Waals surface area contributed by atoms with Crippen molar-refractivity contribution < 1.29 is 17.9 Å². The smallest absolute Gasteiger partial charge is 0.415 e. The molecule has 3 rings (SSSR count). The second-order valence-corrected chi connectivity index (χ2v) is 9.87. The summed E-state index contributed by atoms with van der Waals surface area (Å²) >= 11 is 0. The lowest BCUT2D eigenvalue weighted by Gasteiger charge is -2.23. The predicted octanol–water partition coefficient (Wildman–Crippen LogP) is 2.88. The third-order valence-electron chi connectivity index (χ3n) is 5.07. The quantitative estimate of drug-likeness (QED) is 0.716. The fourth-order valence-electron chi connectivity index (χ4n) is 3.16. The Kier molecular flexibility index (Phi) is 6.27. The van der Waals surface area contributed by atoms with E-state index in [1.54, 1.807) is 41.4 Å². The maximum Gasteiger partial charge on any atom is 0.415 e. The lowest BCUT2D eigenvalue weighted by Crippen LogP contribution is -2.37. The number of sulfonamides is 1. The highest BCUT2D eigenvalue weighted by molar-refractivity contribution is 7.89. The van der Waals surface area contributed by atoms with Gasteiger partial charge in [-0.3, -0.25) is 4.90 Å². The molecule has 0 radical (unpaired) electrons. The van der Waals surface area contributed by atoms with Crippen LogP contribution in [0.15, 0.2) is 41.4 Å². The lowest BCUT2D eigenvalue weighted by atomic mass is 10.0. The minimum absolute atomic E-state index is 0.0798. The average molecular weight is 434 g/mol. The molecule has 2 heterocycles. The minimum Gasteiger partial charge on any atom is -0.447 e. The van der Waals surface area contributed by atoms with Gasteiger partial charge in [-0.25, -0.2) is 22.5 Å². The number of anilines is 2. The molecule has 1 aliphatic rings. The summed E-state index contributed by atoms with van der Waals surface area (Å²) in [5, 5.41) is 3.20. The van der Waals surface area contributed by atoms with Crippen LogP contribution >= 0.6 is 0 Å². The third kappa shape index (κ3) is 4.39. The van der Waals surface area contributed by atoms with Crippen molar-refractivity contribution in [3.63, 3.8) is 0 Å². The number of hydrogen-bond donors (Lipinski definition) is 1. The van der Waals surface area contributed by atoms with Gasteiger partial charge in [-0.15, -0.1) is 0 Å². The summed E-state index contributed by atoms with van der Waals surface area (Å²) in [6.07, 6.45) is 1.18. The van der Waals surface area contributed by atoms with Crippen LogP contribution in [0.2, 0.25) is 0 Å². The molecule has 2 atom stereocenters. The monoisotopic (exact) mass is 433 g/mol. The molecule has 9 nitrogen and oxygen atoms in total. The zero-order chi connectivity index (χ0) is 22.1. The third-order valence-corrected chi connectivity index (χ3v) is 6.90. The van der Waals surface area contributed by atoms with Crippen LogP contribution in [-0.4, -0.2) is 55.5 Å². The Morgan fingerprint density at radius 3 is 2.43 bits per heavy atom. The van der Waals surface area contributed by atoms with Crippen molar-refractivity contribution >= 4 is 27.9 Å². The number of rotatable bonds is 7. The number of ether oxygens (including phenoxy) is 1. The molecule has 1 aromatic heterocycles. The zero-order valence-corrected chi connectivity index (χ0v) is 18.5.